The van der Waals surface area contributed by atoms with E-state index in [1.165, 1.54) is 9.80 Å². The zero-order valence-electron chi connectivity index (χ0n) is 14.3. The molecule has 1 aliphatic rings. The smallest absolute Gasteiger partial charge is 0.410 e. The summed E-state index contributed by atoms with van der Waals surface area (Å²) in [5.74, 6) is -1.45. The van der Waals surface area contributed by atoms with Crippen molar-refractivity contribution >= 4 is 17.7 Å². The van der Waals surface area contributed by atoms with Crippen molar-refractivity contribution in [2.75, 3.05) is 26.2 Å². The van der Waals surface area contributed by atoms with Gasteiger partial charge in [0.15, 0.2) is 0 Å². The summed E-state index contributed by atoms with van der Waals surface area (Å²) in [5, 5.41) is 10.8. The third-order valence-electron chi connectivity index (χ3n) is 3.61. The third kappa shape index (κ3) is 4.65. The number of amides is 2. The van der Waals surface area contributed by atoms with Crippen molar-refractivity contribution < 1.29 is 23.6 Å². The summed E-state index contributed by atoms with van der Waals surface area (Å²) in [6, 6.07) is 2.84. The summed E-state index contributed by atoms with van der Waals surface area (Å²) < 4.78 is 19.1. The maximum absolute atomic E-state index is 13.9. The van der Waals surface area contributed by atoms with Crippen molar-refractivity contribution in [2.45, 2.75) is 26.4 Å². The standard InChI is InChI=1S/C16H20FN3O5/c1-16(2,3)25-15(22)19-8-6-18(7-9-19)14(21)12-10-11(20(23)24)4-5-13(12)17/h4-5,10H,6-9H2,1-3H3. The second kappa shape index (κ2) is 7.04. The average molecular weight is 353 g/mol. The zero-order valence-corrected chi connectivity index (χ0v) is 14.3. The van der Waals surface area contributed by atoms with E-state index in [1.807, 2.05) is 0 Å². The fraction of sp³-hybridized carbons (Fsp3) is 0.500. The van der Waals surface area contributed by atoms with Gasteiger partial charge in [-0.25, -0.2) is 9.18 Å². The van der Waals surface area contributed by atoms with E-state index in [2.05, 4.69) is 0 Å². The quantitative estimate of drug-likeness (QED) is 0.601. The molecule has 0 unspecified atom stereocenters. The second-order valence-electron chi connectivity index (χ2n) is 6.68. The van der Waals surface area contributed by atoms with Crippen LogP contribution in [-0.2, 0) is 4.74 Å². The molecular weight excluding hydrogens is 333 g/mol. The highest BCUT2D eigenvalue weighted by Gasteiger charge is 2.29. The van der Waals surface area contributed by atoms with Crippen molar-refractivity contribution in [3.05, 3.63) is 39.7 Å². The lowest BCUT2D eigenvalue weighted by Gasteiger charge is -2.35. The normalized spacial score (nSPS) is 15.0. The number of non-ortho nitro benzene ring substituents is 1. The number of piperazine rings is 1. The number of nitro benzene ring substituents is 1. The topological polar surface area (TPSA) is 93.0 Å². The Labute approximate surface area is 144 Å². The van der Waals surface area contributed by atoms with Gasteiger partial charge in [0.25, 0.3) is 11.6 Å². The largest absolute Gasteiger partial charge is 0.444 e. The van der Waals surface area contributed by atoms with E-state index < -0.39 is 28.3 Å². The molecular formula is C16H20FN3O5. The van der Waals surface area contributed by atoms with Gasteiger partial charge in [0.05, 0.1) is 10.5 Å². The predicted octanol–water partition coefficient (Wildman–Crippen LogP) is 2.43. The molecule has 2 amide bonds. The number of hydrogen-bond donors (Lipinski definition) is 0. The Hall–Kier alpha value is -2.71. The van der Waals surface area contributed by atoms with Gasteiger partial charge in [-0.15, -0.1) is 0 Å². The summed E-state index contributed by atoms with van der Waals surface area (Å²) in [5.41, 5.74) is -1.31. The van der Waals surface area contributed by atoms with E-state index >= 15 is 0 Å². The van der Waals surface area contributed by atoms with Crippen LogP contribution in [0.4, 0.5) is 14.9 Å². The summed E-state index contributed by atoms with van der Waals surface area (Å²) in [6.07, 6.45) is -0.471. The Morgan fingerprint density at radius 2 is 1.72 bits per heavy atom. The first-order chi connectivity index (χ1) is 11.6. The summed E-state index contributed by atoms with van der Waals surface area (Å²) in [4.78, 5) is 37.4. The minimum atomic E-state index is -0.815. The second-order valence-corrected chi connectivity index (χ2v) is 6.68. The molecule has 0 N–H and O–H groups in total. The molecule has 2 rings (SSSR count). The maximum Gasteiger partial charge on any atom is 0.410 e. The SMILES string of the molecule is CC(C)(C)OC(=O)N1CCN(C(=O)c2cc([N+](=O)[O-])ccc2F)CC1. The lowest BCUT2D eigenvalue weighted by atomic mass is 10.1. The number of benzene rings is 1. The van der Waals surface area contributed by atoms with Gasteiger partial charge in [0.2, 0.25) is 0 Å². The van der Waals surface area contributed by atoms with Gasteiger partial charge in [-0.2, -0.15) is 0 Å². The van der Waals surface area contributed by atoms with Crippen LogP contribution in [0, 0.1) is 15.9 Å². The van der Waals surface area contributed by atoms with Crippen molar-refractivity contribution in [3.8, 4) is 0 Å². The third-order valence-corrected chi connectivity index (χ3v) is 3.61. The van der Waals surface area contributed by atoms with Crippen molar-refractivity contribution in [1.29, 1.82) is 0 Å². The minimum absolute atomic E-state index is 0.195. The van der Waals surface area contributed by atoms with E-state index in [1.54, 1.807) is 20.8 Å². The monoisotopic (exact) mass is 353 g/mol. The van der Waals surface area contributed by atoms with E-state index in [-0.39, 0.29) is 37.4 Å². The molecule has 136 valence electrons. The first kappa shape index (κ1) is 18.6. The fourth-order valence-electron chi connectivity index (χ4n) is 2.38. The molecule has 8 nitrogen and oxygen atoms in total. The molecule has 0 saturated carbocycles. The van der Waals surface area contributed by atoms with Gasteiger partial charge in [-0.1, -0.05) is 0 Å². The number of halogens is 1. The molecule has 1 aromatic carbocycles. The average Bonchev–Trinajstić information content (AvgIpc) is 2.53. The number of ether oxygens (including phenoxy) is 1. The van der Waals surface area contributed by atoms with E-state index in [9.17, 15) is 24.1 Å². The first-order valence-corrected chi connectivity index (χ1v) is 7.79. The molecule has 0 aromatic heterocycles. The Morgan fingerprint density at radius 3 is 2.24 bits per heavy atom. The lowest BCUT2D eigenvalue weighted by Crippen LogP contribution is -2.51. The van der Waals surface area contributed by atoms with Crippen LogP contribution in [0.25, 0.3) is 0 Å². The van der Waals surface area contributed by atoms with Gasteiger partial charge in [0, 0.05) is 38.3 Å². The molecule has 9 heteroatoms. The molecule has 1 aromatic rings. The van der Waals surface area contributed by atoms with Gasteiger partial charge in [-0.05, 0) is 26.8 Å². The molecule has 1 heterocycles. The van der Waals surface area contributed by atoms with Gasteiger partial charge in [0.1, 0.15) is 11.4 Å². The first-order valence-electron chi connectivity index (χ1n) is 7.79. The van der Waals surface area contributed by atoms with E-state index in [0.29, 0.717) is 0 Å². The Balaban J connectivity index is 2.03. The van der Waals surface area contributed by atoms with Gasteiger partial charge < -0.3 is 14.5 Å². The van der Waals surface area contributed by atoms with E-state index in [4.69, 9.17) is 4.74 Å². The Bertz CT molecular complexity index is 694. The van der Waals surface area contributed by atoms with Gasteiger partial charge >= 0.3 is 6.09 Å². The Kier molecular flexibility index (Phi) is 5.24. The van der Waals surface area contributed by atoms with E-state index in [0.717, 1.165) is 18.2 Å². The van der Waals surface area contributed by atoms with Crippen LogP contribution in [0.3, 0.4) is 0 Å². The highest BCUT2D eigenvalue weighted by atomic mass is 19.1. The molecule has 1 saturated heterocycles. The molecule has 1 fully saturated rings. The minimum Gasteiger partial charge on any atom is -0.444 e. The van der Waals surface area contributed by atoms with Crippen molar-refractivity contribution in [3.63, 3.8) is 0 Å². The summed E-state index contributed by atoms with van der Waals surface area (Å²) in [6.45, 7) is 6.16. The molecule has 0 spiro atoms. The van der Waals surface area contributed by atoms with Crippen LogP contribution >= 0.6 is 0 Å². The zero-order chi connectivity index (χ0) is 18.8. The number of rotatable bonds is 2. The maximum atomic E-state index is 13.9. The van der Waals surface area contributed by atoms with Gasteiger partial charge in [-0.3, -0.25) is 14.9 Å². The highest BCUT2D eigenvalue weighted by Crippen LogP contribution is 2.20. The number of carbonyl (C=O) groups excluding carboxylic acids is 2. The molecule has 0 atom stereocenters. The van der Waals surface area contributed by atoms with Crippen LogP contribution in [-0.4, -0.2) is 58.5 Å². The molecule has 1 aliphatic heterocycles. The predicted molar refractivity (Wildman–Crippen MR) is 86.8 cm³/mol. The van der Waals surface area contributed by atoms with Crippen molar-refractivity contribution in [2.24, 2.45) is 0 Å². The summed E-state index contributed by atoms with van der Waals surface area (Å²) in [7, 11) is 0. The highest BCUT2D eigenvalue weighted by molar-refractivity contribution is 5.95. The van der Waals surface area contributed by atoms with Crippen LogP contribution in [0.5, 0.6) is 0 Å². The number of hydrogen-bond acceptors (Lipinski definition) is 5. The van der Waals surface area contributed by atoms with Crippen molar-refractivity contribution in [1.82, 2.24) is 9.80 Å². The molecule has 0 bridgehead atoms. The van der Waals surface area contributed by atoms with Crippen LogP contribution in [0.2, 0.25) is 0 Å². The summed E-state index contributed by atoms with van der Waals surface area (Å²) >= 11 is 0. The molecule has 0 radical (unpaired) electrons. The lowest BCUT2D eigenvalue weighted by molar-refractivity contribution is -0.384. The molecule has 0 aliphatic carbocycles. The van der Waals surface area contributed by atoms with Crippen LogP contribution < -0.4 is 0 Å². The molecule has 25 heavy (non-hydrogen) atoms. The number of nitrogens with zero attached hydrogens (tertiary/aromatic N) is 3. The number of nitro groups is 1. The van der Waals surface area contributed by atoms with Crippen LogP contribution in [0.1, 0.15) is 31.1 Å². The Morgan fingerprint density at radius 1 is 1.16 bits per heavy atom. The van der Waals surface area contributed by atoms with Crippen LogP contribution in [0.15, 0.2) is 18.2 Å². The number of carbonyl (C=O) groups is 2. The fourth-order valence-corrected chi connectivity index (χ4v) is 2.38.